The first-order valence-electron chi connectivity index (χ1n) is 7.56. The molecule has 23 heavy (non-hydrogen) atoms. The molecule has 1 aliphatic rings. The Labute approximate surface area is 135 Å². The van der Waals surface area contributed by atoms with Gasteiger partial charge in [-0.15, -0.1) is 0 Å². The fourth-order valence-corrected chi connectivity index (χ4v) is 4.44. The molecule has 6 heteroatoms. The summed E-state index contributed by atoms with van der Waals surface area (Å²) in [5, 5.41) is 0. The number of anilines is 1. The van der Waals surface area contributed by atoms with Crippen LogP contribution in [0, 0.1) is 5.82 Å². The van der Waals surface area contributed by atoms with E-state index >= 15 is 0 Å². The van der Waals surface area contributed by atoms with Crippen LogP contribution in [0.4, 0.5) is 10.1 Å². The van der Waals surface area contributed by atoms with Crippen LogP contribution in [0.3, 0.4) is 0 Å². The Hall–Kier alpha value is -1.92. The van der Waals surface area contributed by atoms with E-state index in [1.54, 1.807) is 12.1 Å². The van der Waals surface area contributed by atoms with Gasteiger partial charge in [0.2, 0.25) is 10.0 Å². The van der Waals surface area contributed by atoms with Crippen LogP contribution < -0.4 is 10.5 Å². The Bertz CT molecular complexity index is 821. The Morgan fingerprint density at radius 2 is 2.04 bits per heavy atom. The molecule has 0 fully saturated rings. The normalized spacial score (nSPS) is 17.7. The van der Waals surface area contributed by atoms with E-state index in [9.17, 15) is 12.8 Å². The van der Waals surface area contributed by atoms with E-state index in [-0.39, 0.29) is 11.8 Å². The number of sulfonamides is 1. The van der Waals surface area contributed by atoms with Gasteiger partial charge in [-0.1, -0.05) is 18.2 Å². The molecule has 1 aliphatic carbocycles. The van der Waals surface area contributed by atoms with Crippen LogP contribution in [0.25, 0.3) is 0 Å². The number of benzene rings is 2. The third-order valence-electron chi connectivity index (χ3n) is 4.05. The molecular weight excluding hydrogens is 315 g/mol. The van der Waals surface area contributed by atoms with E-state index in [0.717, 1.165) is 30.4 Å². The third kappa shape index (κ3) is 3.89. The van der Waals surface area contributed by atoms with Crippen LogP contribution >= 0.6 is 0 Å². The fourth-order valence-electron chi connectivity index (χ4n) is 3.06. The molecule has 0 amide bonds. The van der Waals surface area contributed by atoms with Crippen molar-refractivity contribution in [3.05, 3.63) is 65.0 Å². The number of halogens is 1. The van der Waals surface area contributed by atoms with Crippen molar-refractivity contribution in [2.75, 3.05) is 5.73 Å². The minimum absolute atomic E-state index is 0.231. The van der Waals surface area contributed by atoms with Crippen molar-refractivity contribution in [1.82, 2.24) is 4.72 Å². The quantitative estimate of drug-likeness (QED) is 0.845. The summed E-state index contributed by atoms with van der Waals surface area (Å²) in [7, 11) is -3.55. The number of hydrogen-bond donors (Lipinski definition) is 2. The van der Waals surface area contributed by atoms with E-state index in [4.69, 9.17) is 5.73 Å². The zero-order valence-electron chi connectivity index (χ0n) is 12.6. The summed E-state index contributed by atoms with van der Waals surface area (Å²) in [5.74, 6) is -0.665. The smallest absolute Gasteiger partial charge is 0.216 e. The number of hydrogen-bond acceptors (Lipinski definition) is 3. The lowest BCUT2D eigenvalue weighted by molar-refractivity contribution is 0.507. The molecule has 122 valence electrons. The first-order chi connectivity index (χ1) is 10.9. The van der Waals surface area contributed by atoms with Crippen LogP contribution in [-0.2, 0) is 22.2 Å². The van der Waals surface area contributed by atoms with Gasteiger partial charge in [0, 0.05) is 11.7 Å². The second-order valence-electron chi connectivity index (χ2n) is 5.91. The molecular formula is C17H19FN2O2S. The first-order valence-corrected chi connectivity index (χ1v) is 9.21. The average Bonchev–Trinajstić information content (AvgIpc) is 2.46. The minimum atomic E-state index is -3.55. The number of fused-ring (bicyclic) bond motifs is 1. The molecule has 0 spiro atoms. The molecule has 0 heterocycles. The Morgan fingerprint density at radius 3 is 2.83 bits per heavy atom. The molecule has 0 saturated carbocycles. The van der Waals surface area contributed by atoms with Crippen molar-refractivity contribution in [1.29, 1.82) is 0 Å². The standard InChI is InChI=1S/C17H19FN2O2S/c18-14-5-1-3-12(9-14)11-23(21,22)20-17-6-2-4-13-10-15(19)7-8-16(13)17/h1,3,5,7-10,17,20H,2,4,6,11,19H2. The second kappa shape index (κ2) is 6.29. The lowest BCUT2D eigenvalue weighted by atomic mass is 9.88. The molecule has 1 unspecified atom stereocenters. The van der Waals surface area contributed by atoms with E-state index in [1.807, 2.05) is 12.1 Å². The summed E-state index contributed by atoms with van der Waals surface area (Å²) in [4.78, 5) is 0. The van der Waals surface area contributed by atoms with Crippen molar-refractivity contribution < 1.29 is 12.8 Å². The largest absolute Gasteiger partial charge is 0.399 e. The monoisotopic (exact) mass is 334 g/mol. The summed E-state index contributed by atoms with van der Waals surface area (Å²) in [6.45, 7) is 0. The first kappa shape index (κ1) is 16.0. The fraction of sp³-hybridized carbons (Fsp3) is 0.294. The minimum Gasteiger partial charge on any atom is -0.399 e. The van der Waals surface area contributed by atoms with Gasteiger partial charge in [0.15, 0.2) is 0 Å². The Morgan fingerprint density at radius 1 is 1.22 bits per heavy atom. The van der Waals surface area contributed by atoms with E-state index in [1.165, 1.54) is 18.2 Å². The molecule has 3 rings (SSSR count). The van der Waals surface area contributed by atoms with Crippen molar-refractivity contribution in [3.63, 3.8) is 0 Å². The van der Waals surface area contributed by atoms with Crippen LogP contribution in [0.1, 0.15) is 35.6 Å². The maximum Gasteiger partial charge on any atom is 0.216 e. The number of nitrogens with two attached hydrogens (primary N) is 1. The molecule has 3 N–H and O–H groups in total. The molecule has 4 nitrogen and oxygen atoms in total. The molecule has 0 aromatic heterocycles. The van der Waals surface area contributed by atoms with E-state index in [0.29, 0.717) is 11.3 Å². The maximum absolute atomic E-state index is 13.2. The van der Waals surface area contributed by atoms with Gasteiger partial charge in [-0.05, 0) is 60.2 Å². The zero-order chi connectivity index (χ0) is 16.4. The van der Waals surface area contributed by atoms with Gasteiger partial charge >= 0.3 is 0 Å². The molecule has 0 bridgehead atoms. The van der Waals surface area contributed by atoms with Gasteiger partial charge in [0.05, 0.1) is 5.75 Å². The van der Waals surface area contributed by atoms with Crippen molar-refractivity contribution in [2.24, 2.45) is 0 Å². The summed E-state index contributed by atoms with van der Waals surface area (Å²) in [6.07, 6.45) is 2.56. The van der Waals surface area contributed by atoms with Gasteiger partial charge in [-0.3, -0.25) is 0 Å². The van der Waals surface area contributed by atoms with Gasteiger partial charge in [0.1, 0.15) is 5.82 Å². The van der Waals surface area contributed by atoms with Crippen LogP contribution in [0.5, 0.6) is 0 Å². The number of rotatable bonds is 4. The van der Waals surface area contributed by atoms with E-state index < -0.39 is 15.8 Å². The van der Waals surface area contributed by atoms with Crippen molar-refractivity contribution in [2.45, 2.75) is 31.1 Å². The van der Waals surface area contributed by atoms with Crippen LogP contribution in [0.15, 0.2) is 42.5 Å². The summed E-state index contributed by atoms with van der Waals surface area (Å²) >= 11 is 0. The summed E-state index contributed by atoms with van der Waals surface area (Å²) in [5.41, 5.74) is 8.99. The molecule has 0 aliphatic heterocycles. The Kier molecular flexibility index (Phi) is 4.37. The maximum atomic E-state index is 13.2. The van der Waals surface area contributed by atoms with Gasteiger partial charge < -0.3 is 5.73 Å². The predicted octanol–water partition coefficient (Wildman–Crippen LogP) is 2.90. The van der Waals surface area contributed by atoms with Crippen LogP contribution in [0.2, 0.25) is 0 Å². The molecule has 0 saturated heterocycles. The lowest BCUT2D eigenvalue weighted by Crippen LogP contribution is -2.32. The average molecular weight is 334 g/mol. The molecule has 1 atom stereocenters. The summed E-state index contributed by atoms with van der Waals surface area (Å²) in [6, 6.07) is 11.0. The summed E-state index contributed by atoms with van der Waals surface area (Å²) < 4.78 is 40.8. The Balaban J connectivity index is 1.79. The zero-order valence-corrected chi connectivity index (χ0v) is 13.4. The second-order valence-corrected chi connectivity index (χ2v) is 7.66. The predicted molar refractivity (Wildman–Crippen MR) is 88.7 cm³/mol. The highest BCUT2D eigenvalue weighted by molar-refractivity contribution is 7.88. The SMILES string of the molecule is Nc1ccc2c(c1)CCCC2NS(=O)(=O)Cc1cccc(F)c1. The van der Waals surface area contributed by atoms with Crippen molar-refractivity contribution in [3.8, 4) is 0 Å². The highest BCUT2D eigenvalue weighted by Crippen LogP contribution is 2.31. The number of aryl methyl sites for hydroxylation is 1. The van der Waals surface area contributed by atoms with Crippen LogP contribution in [-0.4, -0.2) is 8.42 Å². The van der Waals surface area contributed by atoms with Gasteiger partial charge in [-0.25, -0.2) is 17.5 Å². The highest BCUT2D eigenvalue weighted by Gasteiger charge is 2.25. The van der Waals surface area contributed by atoms with Gasteiger partial charge in [0.25, 0.3) is 0 Å². The molecule has 2 aromatic carbocycles. The van der Waals surface area contributed by atoms with Crippen molar-refractivity contribution >= 4 is 15.7 Å². The number of nitrogens with one attached hydrogen (secondary N) is 1. The number of nitrogen functional groups attached to an aromatic ring is 1. The molecule has 0 radical (unpaired) electrons. The van der Waals surface area contributed by atoms with Gasteiger partial charge in [-0.2, -0.15) is 0 Å². The van der Waals surface area contributed by atoms with E-state index in [2.05, 4.69) is 4.72 Å². The highest BCUT2D eigenvalue weighted by atomic mass is 32.2. The molecule has 2 aromatic rings. The third-order valence-corrected chi connectivity index (χ3v) is 5.41. The topological polar surface area (TPSA) is 72.2 Å². The lowest BCUT2D eigenvalue weighted by Gasteiger charge is -2.26.